The van der Waals surface area contributed by atoms with Crippen molar-refractivity contribution in [3.63, 3.8) is 0 Å². The van der Waals surface area contributed by atoms with E-state index in [0.29, 0.717) is 26.4 Å². The van der Waals surface area contributed by atoms with Crippen molar-refractivity contribution in [2.45, 2.75) is 39.2 Å². The van der Waals surface area contributed by atoms with Crippen LogP contribution >= 0.6 is 0 Å². The van der Waals surface area contributed by atoms with E-state index in [1.807, 2.05) is 57.2 Å². The van der Waals surface area contributed by atoms with Crippen LogP contribution in [0.3, 0.4) is 0 Å². The lowest BCUT2D eigenvalue weighted by Crippen LogP contribution is -2.25. The molecule has 2 aromatic carbocycles. The predicted molar refractivity (Wildman–Crippen MR) is 109 cm³/mol. The highest BCUT2D eigenvalue weighted by molar-refractivity contribution is 5.99. The number of carbonyl (C=O) groups is 1. The van der Waals surface area contributed by atoms with Crippen molar-refractivity contribution < 1.29 is 19.0 Å². The summed E-state index contributed by atoms with van der Waals surface area (Å²) >= 11 is 0. The van der Waals surface area contributed by atoms with Gasteiger partial charge >= 0.3 is 0 Å². The van der Waals surface area contributed by atoms with Crippen molar-refractivity contribution in [2.75, 3.05) is 26.4 Å². The predicted octanol–water partition coefficient (Wildman–Crippen LogP) is 4.48. The molecule has 5 heteroatoms. The molecule has 0 spiro atoms. The molecule has 2 aromatic rings. The normalized spacial score (nSPS) is 16.4. The average Bonchev–Trinajstić information content (AvgIpc) is 3.04. The maximum absolute atomic E-state index is 12.5. The van der Waals surface area contributed by atoms with E-state index in [1.54, 1.807) is 0 Å². The first kappa shape index (κ1) is 20.2. The summed E-state index contributed by atoms with van der Waals surface area (Å²) in [6, 6.07) is 13.8. The Balaban J connectivity index is 1.97. The summed E-state index contributed by atoms with van der Waals surface area (Å²) in [7, 11) is 0. The molecule has 0 aromatic heterocycles. The fourth-order valence-corrected chi connectivity index (χ4v) is 3.77. The third-order valence-corrected chi connectivity index (χ3v) is 5.00. The maximum atomic E-state index is 12.5. The van der Waals surface area contributed by atoms with Gasteiger partial charge in [-0.05, 0) is 56.5 Å². The third kappa shape index (κ3) is 4.30. The van der Waals surface area contributed by atoms with Crippen LogP contribution in [0.5, 0.6) is 11.5 Å². The second kappa shape index (κ2) is 9.60. The minimum Gasteiger partial charge on any atom is -0.490 e. The van der Waals surface area contributed by atoms with Crippen LogP contribution in [0.1, 0.15) is 60.6 Å². The Morgan fingerprint density at radius 2 is 1.71 bits per heavy atom. The standard InChI is InChI=1S/C23H29NO4/c1-4-26-14-13-17(22-18-9-7-8-10-19(18)23(25)24-22)16-11-12-20(27-5-2)21(15-16)28-6-3/h7-12,15,17,22H,4-6,13-14H2,1-3H3,(H,24,25). The molecule has 1 aliphatic heterocycles. The van der Waals surface area contributed by atoms with Crippen molar-refractivity contribution in [1.82, 2.24) is 5.32 Å². The Kier molecular flexibility index (Phi) is 6.93. The number of hydrogen-bond acceptors (Lipinski definition) is 4. The van der Waals surface area contributed by atoms with Gasteiger partial charge in [0.2, 0.25) is 0 Å². The summed E-state index contributed by atoms with van der Waals surface area (Å²) in [5.41, 5.74) is 2.90. The molecular weight excluding hydrogens is 354 g/mol. The summed E-state index contributed by atoms with van der Waals surface area (Å²) in [4.78, 5) is 12.5. The monoisotopic (exact) mass is 383 g/mol. The molecule has 1 heterocycles. The van der Waals surface area contributed by atoms with Crippen molar-refractivity contribution in [2.24, 2.45) is 0 Å². The number of hydrogen-bond donors (Lipinski definition) is 1. The number of fused-ring (bicyclic) bond motifs is 1. The smallest absolute Gasteiger partial charge is 0.252 e. The van der Waals surface area contributed by atoms with Gasteiger partial charge in [-0.15, -0.1) is 0 Å². The number of ether oxygens (including phenoxy) is 3. The van der Waals surface area contributed by atoms with E-state index < -0.39 is 0 Å². The van der Waals surface area contributed by atoms with Crippen LogP contribution in [0.4, 0.5) is 0 Å². The molecule has 1 aliphatic rings. The average molecular weight is 383 g/mol. The molecule has 0 radical (unpaired) electrons. The number of amides is 1. The molecule has 0 saturated carbocycles. The van der Waals surface area contributed by atoms with E-state index in [2.05, 4.69) is 11.4 Å². The van der Waals surface area contributed by atoms with E-state index in [1.165, 1.54) is 0 Å². The number of rotatable bonds is 10. The maximum Gasteiger partial charge on any atom is 0.252 e. The van der Waals surface area contributed by atoms with Crippen LogP contribution in [0.2, 0.25) is 0 Å². The van der Waals surface area contributed by atoms with Gasteiger partial charge in [0.05, 0.1) is 19.3 Å². The molecule has 0 saturated heterocycles. The minimum atomic E-state index is -0.0865. The number of carbonyl (C=O) groups excluding carboxylic acids is 1. The fraction of sp³-hybridized carbons (Fsp3) is 0.435. The summed E-state index contributed by atoms with van der Waals surface area (Å²) in [6.07, 6.45) is 0.798. The summed E-state index contributed by atoms with van der Waals surface area (Å²) < 4.78 is 17.1. The van der Waals surface area contributed by atoms with Crippen LogP contribution in [-0.4, -0.2) is 32.3 Å². The minimum absolute atomic E-state index is 0.0158. The highest BCUT2D eigenvalue weighted by atomic mass is 16.5. The molecule has 2 unspecified atom stereocenters. The van der Waals surface area contributed by atoms with E-state index in [-0.39, 0.29) is 17.9 Å². The van der Waals surface area contributed by atoms with Crippen molar-refractivity contribution in [3.8, 4) is 11.5 Å². The molecule has 1 N–H and O–H groups in total. The van der Waals surface area contributed by atoms with E-state index in [0.717, 1.165) is 34.6 Å². The third-order valence-electron chi connectivity index (χ3n) is 5.00. The van der Waals surface area contributed by atoms with Gasteiger partial charge in [-0.2, -0.15) is 0 Å². The largest absolute Gasteiger partial charge is 0.490 e. The topological polar surface area (TPSA) is 56.8 Å². The highest BCUT2D eigenvalue weighted by Crippen LogP contribution is 2.41. The van der Waals surface area contributed by atoms with Gasteiger partial charge in [-0.25, -0.2) is 0 Å². The van der Waals surface area contributed by atoms with Crippen molar-refractivity contribution in [1.29, 1.82) is 0 Å². The summed E-state index contributed by atoms with van der Waals surface area (Å²) in [5, 5.41) is 3.17. The summed E-state index contributed by atoms with van der Waals surface area (Å²) in [6.45, 7) is 8.36. The zero-order valence-corrected chi connectivity index (χ0v) is 16.9. The first-order chi connectivity index (χ1) is 13.7. The van der Waals surface area contributed by atoms with Crippen LogP contribution in [-0.2, 0) is 4.74 Å². The molecule has 150 valence electrons. The molecule has 2 atom stereocenters. The zero-order valence-electron chi connectivity index (χ0n) is 16.9. The lowest BCUT2D eigenvalue weighted by atomic mass is 9.85. The van der Waals surface area contributed by atoms with Gasteiger partial charge < -0.3 is 19.5 Å². The van der Waals surface area contributed by atoms with Crippen LogP contribution in [0, 0.1) is 0 Å². The quantitative estimate of drug-likeness (QED) is 0.615. The Bertz CT molecular complexity index is 805. The Morgan fingerprint density at radius 1 is 0.964 bits per heavy atom. The molecule has 0 fully saturated rings. The summed E-state index contributed by atoms with van der Waals surface area (Å²) in [5.74, 6) is 1.54. The van der Waals surface area contributed by atoms with Crippen molar-refractivity contribution in [3.05, 3.63) is 59.2 Å². The van der Waals surface area contributed by atoms with Crippen molar-refractivity contribution >= 4 is 5.91 Å². The van der Waals surface area contributed by atoms with E-state index >= 15 is 0 Å². The Hall–Kier alpha value is -2.53. The molecule has 1 amide bonds. The van der Waals surface area contributed by atoms with Crippen LogP contribution in [0.15, 0.2) is 42.5 Å². The Morgan fingerprint density at radius 3 is 2.46 bits per heavy atom. The number of benzene rings is 2. The second-order valence-electron chi connectivity index (χ2n) is 6.70. The van der Waals surface area contributed by atoms with Gasteiger partial charge in [0.1, 0.15) is 0 Å². The Labute approximate surface area is 167 Å². The highest BCUT2D eigenvalue weighted by Gasteiger charge is 2.35. The van der Waals surface area contributed by atoms with Crippen LogP contribution < -0.4 is 14.8 Å². The number of nitrogens with one attached hydrogen (secondary N) is 1. The van der Waals surface area contributed by atoms with Gasteiger partial charge in [0.15, 0.2) is 11.5 Å². The van der Waals surface area contributed by atoms with E-state index in [4.69, 9.17) is 14.2 Å². The fourth-order valence-electron chi connectivity index (χ4n) is 3.77. The van der Waals surface area contributed by atoms with Gasteiger partial charge in [-0.3, -0.25) is 4.79 Å². The zero-order chi connectivity index (χ0) is 19.9. The lowest BCUT2D eigenvalue weighted by Gasteiger charge is -2.26. The molecule has 5 nitrogen and oxygen atoms in total. The molecule has 0 aliphatic carbocycles. The molecule has 28 heavy (non-hydrogen) atoms. The van der Waals surface area contributed by atoms with Gasteiger partial charge in [-0.1, -0.05) is 24.3 Å². The second-order valence-corrected chi connectivity index (χ2v) is 6.70. The molecule has 0 bridgehead atoms. The molecule has 3 rings (SSSR count). The van der Waals surface area contributed by atoms with Gasteiger partial charge in [0.25, 0.3) is 5.91 Å². The lowest BCUT2D eigenvalue weighted by molar-refractivity contribution is 0.0943. The van der Waals surface area contributed by atoms with E-state index in [9.17, 15) is 4.79 Å². The van der Waals surface area contributed by atoms with Gasteiger partial charge in [0, 0.05) is 24.7 Å². The SMILES string of the molecule is CCOCCC(c1ccc(OCC)c(OCC)c1)C1NC(=O)c2ccccc21. The molecular formula is C23H29NO4. The first-order valence-electron chi connectivity index (χ1n) is 10.1. The first-order valence-corrected chi connectivity index (χ1v) is 10.1. The van der Waals surface area contributed by atoms with Crippen LogP contribution in [0.25, 0.3) is 0 Å².